The average molecular weight is 366 g/mol. The van der Waals surface area contributed by atoms with E-state index in [1.165, 1.54) is 0 Å². The van der Waals surface area contributed by atoms with Gasteiger partial charge in [0.2, 0.25) is 11.8 Å². The van der Waals surface area contributed by atoms with E-state index >= 15 is 0 Å². The Morgan fingerprint density at radius 1 is 1.00 bits per heavy atom. The van der Waals surface area contributed by atoms with Crippen LogP contribution in [0.25, 0.3) is 0 Å². The summed E-state index contributed by atoms with van der Waals surface area (Å²) in [5.74, 6) is 0.490. The van der Waals surface area contributed by atoms with Gasteiger partial charge < -0.3 is 15.1 Å². The minimum absolute atomic E-state index is 0.144. The highest BCUT2D eigenvalue weighted by Crippen LogP contribution is 2.24. The van der Waals surface area contributed by atoms with Gasteiger partial charge in [-0.1, -0.05) is 24.3 Å². The molecular weight excluding hydrogens is 340 g/mol. The lowest BCUT2D eigenvalue weighted by atomic mass is 9.89. The molecule has 1 aromatic carbocycles. The van der Waals surface area contributed by atoms with Gasteiger partial charge in [0.25, 0.3) is 0 Å². The van der Waals surface area contributed by atoms with Crippen LogP contribution in [0.1, 0.15) is 19.4 Å². The van der Waals surface area contributed by atoms with E-state index < -0.39 is 5.41 Å². The van der Waals surface area contributed by atoms with Crippen molar-refractivity contribution in [2.24, 2.45) is 5.41 Å². The van der Waals surface area contributed by atoms with Gasteiger partial charge in [0.1, 0.15) is 11.2 Å². The molecule has 2 heterocycles. The normalized spacial score (nSPS) is 14.8. The summed E-state index contributed by atoms with van der Waals surface area (Å²) in [5, 5.41) is 2.90. The van der Waals surface area contributed by atoms with Crippen molar-refractivity contribution >= 4 is 23.3 Å². The molecule has 0 atom stereocenters. The van der Waals surface area contributed by atoms with Crippen LogP contribution < -0.4 is 10.2 Å². The average Bonchev–Trinajstić information content (AvgIpc) is 2.70. The molecule has 1 N–H and O–H groups in total. The summed E-state index contributed by atoms with van der Waals surface area (Å²) in [6.07, 6.45) is 1.77. The second-order valence-electron chi connectivity index (χ2n) is 7.36. The molecule has 0 aliphatic carbocycles. The molecule has 0 bridgehead atoms. The van der Waals surface area contributed by atoms with Crippen molar-refractivity contribution < 1.29 is 9.59 Å². The monoisotopic (exact) mass is 366 g/mol. The van der Waals surface area contributed by atoms with Gasteiger partial charge in [-0.2, -0.15) is 0 Å². The van der Waals surface area contributed by atoms with E-state index in [1.807, 2.05) is 49.4 Å². The number of amides is 2. The predicted octanol–water partition coefficient (Wildman–Crippen LogP) is 2.70. The Labute approximate surface area is 160 Å². The SMILES string of the molecule is Cc1ccccc1NC(=O)C(C)(C)C(=O)N1CCN(c2ccccn2)CC1. The number of nitrogens with zero attached hydrogens (tertiary/aromatic N) is 3. The van der Waals surface area contributed by atoms with Crippen molar-refractivity contribution in [3.8, 4) is 0 Å². The zero-order valence-electron chi connectivity index (χ0n) is 16.1. The van der Waals surface area contributed by atoms with Gasteiger partial charge in [-0.3, -0.25) is 9.59 Å². The third kappa shape index (κ3) is 4.10. The molecule has 0 unspecified atom stereocenters. The molecule has 1 fully saturated rings. The molecule has 142 valence electrons. The highest BCUT2D eigenvalue weighted by molar-refractivity contribution is 6.10. The highest BCUT2D eigenvalue weighted by Gasteiger charge is 2.40. The van der Waals surface area contributed by atoms with Gasteiger partial charge in [0.15, 0.2) is 0 Å². The third-order valence-corrected chi connectivity index (χ3v) is 5.04. The zero-order chi connectivity index (χ0) is 19.4. The molecule has 1 aliphatic heterocycles. The van der Waals surface area contributed by atoms with Gasteiger partial charge in [-0.05, 0) is 44.5 Å². The topological polar surface area (TPSA) is 65.5 Å². The number of hydrogen-bond donors (Lipinski definition) is 1. The molecule has 27 heavy (non-hydrogen) atoms. The minimum Gasteiger partial charge on any atom is -0.353 e. The number of pyridine rings is 1. The zero-order valence-corrected chi connectivity index (χ0v) is 16.1. The Balaban J connectivity index is 1.62. The van der Waals surface area contributed by atoms with Crippen molar-refractivity contribution in [1.29, 1.82) is 0 Å². The maximum absolute atomic E-state index is 13.0. The van der Waals surface area contributed by atoms with Gasteiger partial charge in [0.05, 0.1) is 0 Å². The molecule has 3 rings (SSSR count). The van der Waals surface area contributed by atoms with E-state index in [1.54, 1.807) is 24.9 Å². The van der Waals surface area contributed by atoms with E-state index in [9.17, 15) is 9.59 Å². The quantitative estimate of drug-likeness (QED) is 0.845. The van der Waals surface area contributed by atoms with E-state index in [0.717, 1.165) is 17.1 Å². The lowest BCUT2D eigenvalue weighted by Crippen LogP contribution is -2.54. The maximum Gasteiger partial charge on any atom is 0.239 e. The molecule has 1 aliphatic rings. The number of piperazine rings is 1. The summed E-state index contributed by atoms with van der Waals surface area (Å²) in [6.45, 7) is 7.88. The van der Waals surface area contributed by atoms with Crippen molar-refractivity contribution in [1.82, 2.24) is 9.88 Å². The number of carbonyl (C=O) groups is 2. The van der Waals surface area contributed by atoms with Crippen molar-refractivity contribution in [3.63, 3.8) is 0 Å². The molecule has 6 heteroatoms. The first-order valence-corrected chi connectivity index (χ1v) is 9.22. The molecule has 0 saturated carbocycles. The van der Waals surface area contributed by atoms with Crippen LogP contribution in [0, 0.1) is 12.3 Å². The molecule has 0 radical (unpaired) electrons. The summed E-state index contributed by atoms with van der Waals surface area (Å²) >= 11 is 0. The fourth-order valence-corrected chi connectivity index (χ4v) is 3.16. The van der Waals surface area contributed by atoms with Crippen LogP contribution in [-0.2, 0) is 9.59 Å². The minimum atomic E-state index is -1.13. The smallest absolute Gasteiger partial charge is 0.239 e. The number of benzene rings is 1. The van der Waals surface area contributed by atoms with Crippen LogP contribution >= 0.6 is 0 Å². The molecule has 1 aromatic heterocycles. The number of anilines is 2. The number of rotatable bonds is 4. The molecule has 1 saturated heterocycles. The van der Waals surface area contributed by atoms with Crippen molar-refractivity contribution in [3.05, 3.63) is 54.2 Å². The first kappa shape index (κ1) is 18.9. The Kier molecular flexibility index (Phi) is 5.44. The van der Waals surface area contributed by atoms with Crippen LogP contribution in [0.15, 0.2) is 48.7 Å². The molecule has 0 spiro atoms. The Morgan fingerprint density at radius 2 is 1.67 bits per heavy atom. The number of aryl methyl sites for hydroxylation is 1. The summed E-state index contributed by atoms with van der Waals surface area (Å²) in [7, 11) is 0. The largest absolute Gasteiger partial charge is 0.353 e. The molecular formula is C21H26N4O2. The van der Waals surface area contributed by atoms with Crippen LogP contribution in [0.3, 0.4) is 0 Å². The molecule has 6 nitrogen and oxygen atoms in total. The number of para-hydroxylation sites is 1. The van der Waals surface area contributed by atoms with Gasteiger partial charge in [0, 0.05) is 38.1 Å². The van der Waals surface area contributed by atoms with Gasteiger partial charge in [-0.15, -0.1) is 0 Å². The Bertz CT molecular complexity index is 812. The molecule has 2 aromatic rings. The molecule has 2 amide bonds. The highest BCUT2D eigenvalue weighted by atomic mass is 16.2. The fourth-order valence-electron chi connectivity index (χ4n) is 3.16. The van der Waals surface area contributed by atoms with E-state index in [2.05, 4.69) is 15.2 Å². The van der Waals surface area contributed by atoms with Crippen LogP contribution in [0.2, 0.25) is 0 Å². The van der Waals surface area contributed by atoms with Crippen molar-refractivity contribution in [2.45, 2.75) is 20.8 Å². The lowest BCUT2D eigenvalue weighted by Gasteiger charge is -2.38. The maximum atomic E-state index is 13.0. The standard InChI is InChI=1S/C21H26N4O2/c1-16-8-4-5-9-17(16)23-19(26)21(2,3)20(27)25-14-12-24(13-15-25)18-10-6-7-11-22-18/h4-11H,12-15H2,1-3H3,(H,23,26). The van der Waals surface area contributed by atoms with Gasteiger partial charge >= 0.3 is 0 Å². The first-order chi connectivity index (χ1) is 12.9. The van der Waals surface area contributed by atoms with Crippen LogP contribution in [0.4, 0.5) is 11.5 Å². The summed E-state index contributed by atoms with van der Waals surface area (Å²) < 4.78 is 0. The van der Waals surface area contributed by atoms with Crippen LogP contribution in [0.5, 0.6) is 0 Å². The van der Waals surface area contributed by atoms with Gasteiger partial charge in [-0.25, -0.2) is 4.98 Å². The Hall–Kier alpha value is -2.89. The number of carbonyl (C=O) groups excluding carboxylic acids is 2. The number of hydrogen-bond acceptors (Lipinski definition) is 4. The lowest BCUT2D eigenvalue weighted by molar-refractivity contribution is -0.146. The van der Waals surface area contributed by atoms with E-state index in [0.29, 0.717) is 26.2 Å². The van der Waals surface area contributed by atoms with Crippen molar-refractivity contribution in [2.75, 3.05) is 36.4 Å². The summed E-state index contributed by atoms with van der Waals surface area (Å²) in [5.41, 5.74) is 0.580. The van der Waals surface area contributed by atoms with E-state index in [4.69, 9.17) is 0 Å². The number of nitrogens with one attached hydrogen (secondary N) is 1. The second-order valence-corrected chi connectivity index (χ2v) is 7.36. The number of aromatic nitrogens is 1. The Morgan fingerprint density at radius 3 is 2.30 bits per heavy atom. The summed E-state index contributed by atoms with van der Waals surface area (Å²) in [6, 6.07) is 13.4. The first-order valence-electron chi connectivity index (χ1n) is 9.22. The van der Waals surface area contributed by atoms with E-state index in [-0.39, 0.29) is 11.8 Å². The predicted molar refractivity (Wildman–Crippen MR) is 107 cm³/mol. The van der Waals surface area contributed by atoms with Crippen LogP contribution in [-0.4, -0.2) is 47.9 Å². The second kappa shape index (κ2) is 7.78. The third-order valence-electron chi connectivity index (χ3n) is 5.04. The summed E-state index contributed by atoms with van der Waals surface area (Å²) in [4.78, 5) is 34.1. The fraction of sp³-hybridized carbons (Fsp3) is 0.381.